The van der Waals surface area contributed by atoms with Crippen LogP contribution in [0.4, 0.5) is 5.69 Å². The Balaban J connectivity index is 2.19. The van der Waals surface area contributed by atoms with Crippen molar-refractivity contribution in [2.75, 3.05) is 0 Å². The zero-order valence-electron chi connectivity index (χ0n) is 11.5. The van der Waals surface area contributed by atoms with Gasteiger partial charge in [0, 0.05) is 16.6 Å². The predicted octanol–water partition coefficient (Wildman–Crippen LogP) is 4.50. The molecule has 1 amide bonds. The molecule has 114 valence electrons. The van der Waals surface area contributed by atoms with E-state index < -0.39 is 4.92 Å². The van der Waals surface area contributed by atoms with E-state index in [2.05, 4.69) is 21.2 Å². The van der Waals surface area contributed by atoms with Gasteiger partial charge in [0.05, 0.1) is 21.6 Å². The van der Waals surface area contributed by atoms with Crippen molar-refractivity contribution in [3.05, 3.63) is 73.2 Å². The molecule has 0 aliphatic heterocycles. The van der Waals surface area contributed by atoms with Gasteiger partial charge in [0.1, 0.15) is 0 Å². The Bertz CT molecular complexity index is 736. The molecule has 1 N–H and O–H groups in total. The molecule has 7 heteroatoms. The van der Waals surface area contributed by atoms with Crippen LogP contribution < -0.4 is 5.32 Å². The molecule has 1 unspecified atom stereocenters. The predicted molar refractivity (Wildman–Crippen MR) is 88.1 cm³/mol. The molecule has 0 aliphatic rings. The van der Waals surface area contributed by atoms with Crippen LogP contribution in [0.25, 0.3) is 0 Å². The van der Waals surface area contributed by atoms with Gasteiger partial charge in [0.25, 0.3) is 11.6 Å². The zero-order chi connectivity index (χ0) is 16.3. The minimum atomic E-state index is -0.558. The SMILES string of the molecule is CC(NC(=O)c1ccc([N+](=O)[O-])cc1Cl)c1ccccc1Br. The van der Waals surface area contributed by atoms with Crippen LogP contribution in [0.1, 0.15) is 28.9 Å². The smallest absolute Gasteiger partial charge is 0.270 e. The molecule has 0 fully saturated rings. The Morgan fingerprint density at radius 3 is 2.59 bits per heavy atom. The van der Waals surface area contributed by atoms with Crippen LogP contribution in [0.2, 0.25) is 5.02 Å². The second kappa shape index (κ2) is 6.89. The number of nitrogens with zero attached hydrogens (tertiary/aromatic N) is 1. The first-order valence-electron chi connectivity index (χ1n) is 6.39. The number of hydrogen-bond acceptors (Lipinski definition) is 3. The number of nitro groups is 1. The minimum Gasteiger partial charge on any atom is -0.345 e. The topological polar surface area (TPSA) is 72.2 Å². The molecule has 0 aromatic heterocycles. The Kier molecular flexibility index (Phi) is 5.15. The maximum Gasteiger partial charge on any atom is 0.270 e. The van der Waals surface area contributed by atoms with Crippen molar-refractivity contribution in [3.63, 3.8) is 0 Å². The number of rotatable bonds is 4. The first-order valence-corrected chi connectivity index (χ1v) is 7.56. The average Bonchev–Trinajstić information content (AvgIpc) is 2.47. The van der Waals surface area contributed by atoms with Crippen LogP contribution in [0.15, 0.2) is 46.9 Å². The standard InChI is InChI=1S/C15H12BrClN2O3/c1-9(11-4-2-3-5-13(11)16)18-15(20)12-7-6-10(19(21)22)8-14(12)17/h2-9H,1H3,(H,18,20). The molecule has 22 heavy (non-hydrogen) atoms. The van der Waals surface area contributed by atoms with Crippen molar-refractivity contribution in [2.45, 2.75) is 13.0 Å². The second-order valence-electron chi connectivity index (χ2n) is 4.64. The highest BCUT2D eigenvalue weighted by Gasteiger charge is 2.18. The molecule has 0 radical (unpaired) electrons. The van der Waals surface area contributed by atoms with Crippen molar-refractivity contribution in [2.24, 2.45) is 0 Å². The fourth-order valence-corrected chi connectivity index (χ4v) is 2.87. The Morgan fingerprint density at radius 2 is 2.00 bits per heavy atom. The van der Waals surface area contributed by atoms with Crippen LogP contribution in [-0.2, 0) is 0 Å². The van der Waals surface area contributed by atoms with E-state index in [0.717, 1.165) is 10.0 Å². The molecule has 2 aromatic carbocycles. The van der Waals surface area contributed by atoms with E-state index in [1.807, 2.05) is 31.2 Å². The van der Waals surface area contributed by atoms with Gasteiger partial charge in [-0.25, -0.2) is 0 Å². The monoisotopic (exact) mass is 382 g/mol. The summed E-state index contributed by atoms with van der Waals surface area (Å²) in [6.07, 6.45) is 0. The lowest BCUT2D eigenvalue weighted by Crippen LogP contribution is -2.27. The Labute approximate surface area is 140 Å². The first kappa shape index (κ1) is 16.5. The maximum absolute atomic E-state index is 12.3. The van der Waals surface area contributed by atoms with Gasteiger partial charge >= 0.3 is 0 Å². The first-order chi connectivity index (χ1) is 10.4. The summed E-state index contributed by atoms with van der Waals surface area (Å²) in [4.78, 5) is 22.4. The van der Waals surface area contributed by atoms with Crippen molar-refractivity contribution in [1.82, 2.24) is 5.32 Å². The van der Waals surface area contributed by atoms with Gasteiger partial charge in [-0.2, -0.15) is 0 Å². The van der Waals surface area contributed by atoms with Crippen LogP contribution in [-0.4, -0.2) is 10.8 Å². The number of nitrogens with one attached hydrogen (secondary N) is 1. The summed E-state index contributed by atoms with van der Waals surface area (Å²) < 4.78 is 0.887. The number of amides is 1. The van der Waals surface area contributed by atoms with Gasteiger partial charge in [0.2, 0.25) is 0 Å². The van der Waals surface area contributed by atoms with Gasteiger partial charge in [-0.05, 0) is 24.6 Å². The van der Waals surface area contributed by atoms with E-state index in [4.69, 9.17) is 11.6 Å². The fraction of sp³-hybridized carbons (Fsp3) is 0.133. The van der Waals surface area contributed by atoms with Gasteiger partial charge in [0.15, 0.2) is 0 Å². The Hall–Kier alpha value is -1.92. The summed E-state index contributed by atoms with van der Waals surface area (Å²) in [5, 5.41) is 13.5. The van der Waals surface area contributed by atoms with Crippen molar-refractivity contribution < 1.29 is 9.72 Å². The van der Waals surface area contributed by atoms with Crippen molar-refractivity contribution >= 4 is 39.1 Å². The summed E-state index contributed by atoms with van der Waals surface area (Å²) in [6.45, 7) is 1.84. The largest absolute Gasteiger partial charge is 0.345 e. The van der Waals surface area contributed by atoms with Gasteiger partial charge in [-0.1, -0.05) is 45.7 Å². The highest BCUT2D eigenvalue weighted by molar-refractivity contribution is 9.10. The lowest BCUT2D eigenvalue weighted by atomic mass is 10.1. The molecular formula is C15H12BrClN2O3. The third kappa shape index (κ3) is 3.64. The normalized spacial score (nSPS) is 11.8. The summed E-state index contributed by atoms with van der Waals surface area (Å²) in [5.74, 6) is -0.386. The lowest BCUT2D eigenvalue weighted by molar-refractivity contribution is -0.384. The number of hydrogen-bond donors (Lipinski definition) is 1. The van der Waals surface area contributed by atoms with Gasteiger partial charge in [-0.3, -0.25) is 14.9 Å². The van der Waals surface area contributed by atoms with E-state index in [1.54, 1.807) is 0 Å². The quantitative estimate of drug-likeness (QED) is 0.624. The fourth-order valence-electron chi connectivity index (χ4n) is 1.98. The molecule has 1 atom stereocenters. The number of carbonyl (C=O) groups excluding carboxylic acids is 1. The summed E-state index contributed by atoms with van der Waals surface area (Å²) >= 11 is 9.39. The van der Waals surface area contributed by atoms with Gasteiger partial charge < -0.3 is 5.32 Å². The number of nitro benzene ring substituents is 1. The second-order valence-corrected chi connectivity index (χ2v) is 5.90. The van der Waals surface area contributed by atoms with Crippen LogP contribution in [0.3, 0.4) is 0 Å². The molecule has 5 nitrogen and oxygen atoms in total. The average molecular weight is 384 g/mol. The number of carbonyl (C=O) groups is 1. The van der Waals surface area contributed by atoms with E-state index in [9.17, 15) is 14.9 Å². The van der Waals surface area contributed by atoms with Crippen LogP contribution >= 0.6 is 27.5 Å². The van der Waals surface area contributed by atoms with E-state index in [-0.39, 0.29) is 28.2 Å². The zero-order valence-corrected chi connectivity index (χ0v) is 13.9. The highest BCUT2D eigenvalue weighted by atomic mass is 79.9. The summed E-state index contributed by atoms with van der Waals surface area (Å²) in [5.41, 5.74) is 0.973. The molecule has 0 saturated carbocycles. The number of non-ortho nitro benzene ring substituents is 1. The molecule has 0 bridgehead atoms. The highest BCUT2D eigenvalue weighted by Crippen LogP contribution is 2.25. The van der Waals surface area contributed by atoms with Gasteiger partial charge in [-0.15, -0.1) is 0 Å². The van der Waals surface area contributed by atoms with Crippen LogP contribution in [0.5, 0.6) is 0 Å². The minimum absolute atomic E-state index is 0.0472. The van der Waals surface area contributed by atoms with E-state index in [0.29, 0.717) is 0 Å². The third-order valence-electron chi connectivity index (χ3n) is 3.13. The molecule has 0 saturated heterocycles. The molecule has 2 rings (SSSR count). The molecule has 2 aromatic rings. The van der Waals surface area contributed by atoms with Crippen molar-refractivity contribution in [3.8, 4) is 0 Å². The van der Waals surface area contributed by atoms with Crippen molar-refractivity contribution in [1.29, 1.82) is 0 Å². The van der Waals surface area contributed by atoms with E-state index in [1.165, 1.54) is 18.2 Å². The van der Waals surface area contributed by atoms with E-state index >= 15 is 0 Å². The molecule has 0 spiro atoms. The van der Waals surface area contributed by atoms with Crippen LogP contribution in [0, 0.1) is 10.1 Å². The number of halogens is 2. The summed E-state index contributed by atoms with van der Waals surface area (Å²) in [7, 11) is 0. The lowest BCUT2D eigenvalue weighted by Gasteiger charge is -2.16. The number of benzene rings is 2. The molecule has 0 heterocycles. The molecule has 0 aliphatic carbocycles. The Morgan fingerprint density at radius 1 is 1.32 bits per heavy atom. The molecular weight excluding hydrogens is 372 g/mol. The summed E-state index contributed by atoms with van der Waals surface area (Å²) in [6, 6.07) is 11.1. The maximum atomic E-state index is 12.3. The third-order valence-corrected chi connectivity index (χ3v) is 4.16.